The highest BCUT2D eigenvalue weighted by Crippen LogP contribution is 2.28. The maximum Gasteiger partial charge on any atom is 0.0626 e. The zero-order valence-corrected chi connectivity index (χ0v) is 16.0. The maximum atomic E-state index is 4.70. The van der Waals surface area contributed by atoms with E-state index in [9.17, 15) is 0 Å². The quantitative estimate of drug-likeness (QED) is 0.135. The average molecular weight is 310 g/mol. The summed E-state index contributed by atoms with van der Waals surface area (Å²) >= 11 is 0. The summed E-state index contributed by atoms with van der Waals surface area (Å²) in [6.07, 6.45) is 15.2. The van der Waals surface area contributed by atoms with E-state index in [0.29, 0.717) is 0 Å². The summed E-state index contributed by atoms with van der Waals surface area (Å²) in [5, 5.41) is 0. The van der Waals surface area contributed by atoms with Crippen molar-refractivity contribution in [2.75, 3.05) is 6.54 Å². The van der Waals surface area contributed by atoms with Gasteiger partial charge in [0, 0.05) is 6.54 Å². The molecule has 0 rings (SSSR count). The third-order valence-electron chi connectivity index (χ3n) is 4.43. The Morgan fingerprint density at radius 1 is 0.810 bits per heavy atom. The van der Waals surface area contributed by atoms with Crippen molar-refractivity contribution in [3.63, 3.8) is 0 Å². The van der Waals surface area contributed by atoms with Gasteiger partial charge in [-0.25, -0.2) is 0 Å². The minimum Gasteiger partial charge on any atom is -0.298 e. The molecule has 0 fully saturated rings. The molecule has 0 amide bonds. The molecule has 1 nitrogen and oxygen atoms in total. The molecule has 0 saturated carbocycles. The van der Waals surface area contributed by atoms with Crippen LogP contribution in [0.25, 0.3) is 0 Å². The van der Waals surface area contributed by atoms with Crippen LogP contribution in [0.15, 0.2) is 17.6 Å². The number of unbranched alkanes of at least 4 members (excludes halogenated alkanes) is 5. The summed E-state index contributed by atoms with van der Waals surface area (Å²) in [7, 11) is -1.15. The van der Waals surface area contributed by atoms with Crippen LogP contribution in [0.1, 0.15) is 72.1 Å². The van der Waals surface area contributed by atoms with Crippen molar-refractivity contribution in [2.45, 2.75) is 96.3 Å². The van der Waals surface area contributed by atoms with E-state index in [-0.39, 0.29) is 0 Å². The van der Waals surface area contributed by atoms with E-state index >= 15 is 0 Å². The Balaban J connectivity index is 3.98. The molecule has 2 heteroatoms. The maximum absolute atomic E-state index is 4.70. The highest BCUT2D eigenvalue weighted by Gasteiger charge is 2.28. The SMILES string of the molecule is C=CC[Si](CC=NCCCCCCCC)(CCC)CCC. The lowest BCUT2D eigenvalue weighted by atomic mass is 10.1. The third-order valence-corrected chi connectivity index (χ3v) is 9.76. The Kier molecular flexibility index (Phi) is 14.3. The van der Waals surface area contributed by atoms with Crippen LogP contribution in [0.5, 0.6) is 0 Å². The molecule has 0 atom stereocenters. The molecular weight excluding hydrogens is 270 g/mol. The van der Waals surface area contributed by atoms with Crippen LogP contribution in [-0.2, 0) is 0 Å². The van der Waals surface area contributed by atoms with Crippen LogP contribution >= 0.6 is 0 Å². The van der Waals surface area contributed by atoms with Crippen molar-refractivity contribution in [1.82, 2.24) is 0 Å². The Labute approximate surface area is 135 Å². The lowest BCUT2D eigenvalue weighted by molar-refractivity contribution is 0.612. The van der Waals surface area contributed by atoms with Crippen molar-refractivity contribution in [3.8, 4) is 0 Å². The Morgan fingerprint density at radius 3 is 2.00 bits per heavy atom. The Bertz CT molecular complexity index is 254. The van der Waals surface area contributed by atoms with Gasteiger partial charge in [-0.05, 0) is 24.7 Å². The molecule has 0 unspecified atom stereocenters. The summed E-state index contributed by atoms with van der Waals surface area (Å²) in [6.45, 7) is 12.0. The first-order valence-electron chi connectivity index (χ1n) is 9.33. The lowest BCUT2D eigenvalue weighted by Crippen LogP contribution is -2.33. The summed E-state index contributed by atoms with van der Waals surface area (Å²) < 4.78 is 0. The molecule has 0 heterocycles. The van der Waals surface area contributed by atoms with Gasteiger partial charge in [-0.2, -0.15) is 0 Å². The minimum atomic E-state index is -1.15. The first kappa shape index (κ1) is 20.6. The Morgan fingerprint density at radius 2 is 1.43 bits per heavy atom. The molecule has 0 aliphatic heterocycles. The lowest BCUT2D eigenvalue weighted by Gasteiger charge is -2.28. The number of rotatable bonds is 15. The van der Waals surface area contributed by atoms with E-state index in [0.717, 1.165) is 6.54 Å². The highest BCUT2D eigenvalue weighted by atomic mass is 28.3. The van der Waals surface area contributed by atoms with Crippen LogP contribution in [0, 0.1) is 0 Å². The predicted molar refractivity (Wildman–Crippen MR) is 102 cm³/mol. The smallest absolute Gasteiger partial charge is 0.0626 e. The molecule has 0 saturated heterocycles. The van der Waals surface area contributed by atoms with Crippen molar-refractivity contribution >= 4 is 14.3 Å². The molecule has 0 aliphatic carbocycles. The fraction of sp³-hybridized carbons (Fsp3) is 0.842. The standard InChI is InChI=1S/C19H39NSi/c1-5-9-10-11-12-13-14-20-15-19-21(16-6-2,17-7-3)18-8-4/h6,15H,2,5,7-14,16-19H2,1,3-4H3. The van der Waals surface area contributed by atoms with Gasteiger partial charge in [-0.15, -0.1) is 6.58 Å². The third kappa shape index (κ3) is 10.9. The minimum absolute atomic E-state index is 1.04. The number of allylic oxidation sites excluding steroid dienone is 1. The van der Waals surface area contributed by atoms with E-state index in [1.165, 1.54) is 75.5 Å². The number of aliphatic imine (C=N–C) groups is 1. The van der Waals surface area contributed by atoms with Gasteiger partial charge in [-0.3, -0.25) is 4.99 Å². The second kappa shape index (κ2) is 14.6. The van der Waals surface area contributed by atoms with Crippen molar-refractivity contribution < 1.29 is 0 Å². The van der Waals surface area contributed by atoms with Crippen LogP contribution in [0.2, 0.25) is 24.2 Å². The average Bonchev–Trinajstić information content (AvgIpc) is 2.46. The topological polar surface area (TPSA) is 12.4 Å². The van der Waals surface area contributed by atoms with Gasteiger partial charge < -0.3 is 0 Å². The van der Waals surface area contributed by atoms with Gasteiger partial charge in [0.05, 0.1) is 8.07 Å². The predicted octanol–water partition coefficient (Wildman–Crippen LogP) is 6.87. The molecule has 0 aromatic heterocycles. The molecule has 0 bridgehead atoms. The molecule has 0 radical (unpaired) electrons. The van der Waals surface area contributed by atoms with Crippen LogP contribution in [0.3, 0.4) is 0 Å². The summed E-state index contributed by atoms with van der Waals surface area (Å²) in [5.41, 5.74) is 0. The van der Waals surface area contributed by atoms with Gasteiger partial charge >= 0.3 is 0 Å². The summed E-state index contributed by atoms with van der Waals surface area (Å²) in [4.78, 5) is 4.70. The molecule has 0 aromatic rings. The molecule has 21 heavy (non-hydrogen) atoms. The van der Waals surface area contributed by atoms with Crippen LogP contribution < -0.4 is 0 Å². The molecule has 0 spiro atoms. The molecule has 0 aliphatic rings. The normalized spacial score (nSPS) is 12.1. The monoisotopic (exact) mass is 309 g/mol. The molecular formula is C19H39NSi. The van der Waals surface area contributed by atoms with E-state index in [1.54, 1.807) is 0 Å². The van der Waals surface area contributed by atoms with E-state index in [2.05, 4.69) is 39.6 Å². The first-order chi connectivity index (χ1) is 10.2. The second-order valence-electron chi connectivity index (χ2n) is 6.55. The van der Waals surface area contributed by atoms with Gasteiger partial charge in [0.2, 0.25) is 0 Å². The largest absolute Gasteiger partial charge is 0.298 e. The van der Waals surface area contributed by atoms with Gasteiger partial charge in [-0.1, -0.05) is 83.9 Å². The van der Waals surface area contributed by atoms with Crippen molar-refractivity contribution in [1.29, 1.82) is 0 Å². The van der Waals surface area contributed by atoms with E-state index < -0.39 is 8.07 Å². The van der Waals surface area contributed by atoms with Crippen LogP contribution in [-0.4, -0.2) is 20.8 Å². The number of nitrogens with zero attached hydrogens (tertiary/aromatic N) is 1. The van der Waals surface area contributed by atoms with Crippen LogP contribution in [0.4, 0.5) is 0 Å². The number of hydrogen-bond acceptors (Lipinski definition) is 1. The van der Waals surface area contributed by atoms with E-state index in [4.69, 9.17) is 4.99 Å². The number of hydrogen-bond donors (Lipinski definition) is 0. The molecule has 0 aromatic carbocycles. The fourth-order valence-corrected chi connectivity index (χ4v) is 7.80. The fourth-order valence-electron chi connectivity index (χ4n) is 3.32. The zero-order valence-electron chi connectivity index (χ0n) is 15.0. The first-order valence-corrected chi connectivity index (χ1v) is 12.2. The second-order valence-corrected chi connectivity index (χ2v) is 11.4. The van der Waals surface area contributed by atoms with Crippen molar-refractivity contribution in [3.05, 3.63) is 12.7 Å². The van der Waals surface area contributed by atoms with Gasteiger partial charge in [0.1, 0.15) is 0 Å². The zero-order chi connectivity index (χ0) is 15.8. The van der Waals surface area contributed by atoms with Gasteiger partial charge in [0.25, 0.3) is 0 Å². The van der Waals surface area contributed by atoms with E-state index in [1.807, 2.05) is 0 Å². The Hall–Kier alpha value is -0.373. The summed E-state index contributed by atoms with van der Waals surface area (Å²) in [5.74, 6) is 0. The molecule has 0 N–H and O–H groups in total. The summed E-state index contributed by atoms with van der Waals surface area (Å²) in [6, 6.07) is 5.43. The van der Waals surface area contributed by atoms with Crippen molar-refractivity contribution in [2.24, 2.45) is 4.99 Å². The molecule has 124 valence electrons. The highest BCUT2D eigenvalue weighted by molar-refractivity contribution is 6.82. The van der Waals surface area contributed by atoms with Gasteiger partial charge in [0.15, 0.2) is 0 Å².